The summed E-state index contributed by atoms with van der Waals surface area (Å²) in [7, 11) is -2.82. The van der Waals surface area contributed by atoms with Gasteiger partial charge in [0.05, 0.1) is 11.5 Å². The maximum atomic E-state index is 11.6. The number of hydrogen-bond donors (Lipinski definition) is 2. The van der Waals surface area contributed by atoms with E-state index in [9.17, 15) is 8.42 Å². The van der Waals surface area contributed by atoms with Crippen LogP contribution in [0.4, 0.5) is 0 Å². The monoisotopic (exact) mass is 485 g/mol. The Balaban J connectivity index is 0.00000312. The van der Waals surface area contributed by atoms with E-state index in [2.05, 4.69) is 38.3 Å². The summed E-state index contributed by atoms with van der Waals surface area (Å²) >= 11 is 0. The van der Waals surface area contributed by atoms with Crippen LogP contribution in [0.5, 0.6) is 0 Å². The molecule has 2 fully saturated rings. The van der Waals surface area contributed by atoms with Crippen LogP contribution < -0.4 is 10.6 Å². The van der Waals surface area contributed by atoms with Gasteiger partial charge in [-0.3, -0.25) is 4.99 Å². The summed E-state index contributed by atoms with van der Waals surface area (Å²) in [5.41, 5.74) is 0. The highest BCUT2D eigenvalue weighted by atomic mass is 127. The minimum Gasteiger partial charge on any atom is -0.354 e. The van der Waals surface area contributed by atoms with Crippen LogP contribution in [0.1, 0.15) is 59.8 Å². The molecule has 1 aliphatic carbocycles. The maximum absolute atomic E-state index is 11.6. The summed E-state index contributed by atoms with van der Waals surface area (Å²) in [6.45, 7) is 9.56. The first kappa shape index (κ1) is 23.0. The third-order valence-corrected chi connectivity index (χ3v) is 7.19. The van der Waals surface area contributed by atoms with Crippen molar-refractivity contribution in [2.45, 2.75) is 71.9 Å². The zero-order chi connectivity index (χ0) is 17.7. The first-order valence-corrected chi connectivity index (χ1v) is 11.4. The molecule has 1 aliphatic heterocycles. The normalized spacial score (nSPS) is 33.4. The number of nitrogens with one attached hydrogen (secondary N) is 2. The molecule has 7 heteroatoms. The number of sulfone groups is 1. The van der Waals surface area contributed by atoms with Crippen molar-refractivity contribution in [2.75, 3.05) is 18.1 Å². The van der Waals surface area contributed by atoms with Crippen molar-refractivity contribution in [1.82, 2.24) is 10.6 Å². The standard InChI is InChI=1S/C18H35N3O2S.HI/c1-5-15(4)20-18(19-11-16-6-7-24(22,23)12-16)21-17-9-13(2)8-14(3)10-17;/h13-17H,5-12H2,1-4H3,(H2,19,20,21);1H. The van der Waals surface area contributed by atoms with E-state index in [0.29, 0.717) is 30.1 Å². The van der Waals surface area contributed by atoms with Gasteiger partial charge in [0.25, 0.3) is 0 Å². The van der Waals surface area contributed by atoms with Crippen molar-refractivity contribution in [3.8, 4) is 0 Å². The van der Waals surface area contributed by atoms with Crippen LogP contribution in [-0.4, -0.2) is 44.5 Å². The van der Waals surface area contributed by atoms with Crippen molar-refractivity contribution in [2.24, 2.45) is 22.7 Å². The lowest BCUT2D eigenvalue weighted by Crippen LogP contribution is -2.48. The Morgan fingerprint density at radius 2 is 1.84 bits per heavy atom. The number of guanidine groups is 1. The summed E-state index contributed by atoms with van der Waals surface area (Å²) in [5.74, 6) is 3.15. The summed E-state index contributed by atoms with van der Waals surface area (Å²) in [6.07, 6.45) is 5.46. The minimum absolute atomic E-state index is 0. The van der Waals surface area contributed by atoms with Crippen LogP contribution in [0.2, 0.25) is 0 Å². The van der Waals surface area contributed by atoms with Crippen molar-refractivity contribution < 1.29 is 8.42 Å². The van der Waals surface area contributed by atoms with E-state index in [0.717, 1.165) is 30.6 Å². The minimum atomic E-state index is -2.82. The summed E-state index contributed by atoms with van der Waals surface area (Å²) in [6, 6.07) is 0.827. The Morgan fingerprint density at radius 1 is 1.20 bits per heavy atom. The molecule has 0 radical (unpaired) electrons. The van der Waals surface area contributed by atoms with Gasteiger partial charge in [0.1, 0.15) is 0 Å². The van der Waals surface area contributed by atoms with Gasteiger partial charge < -0.3 is 10.6 Å². The highest BCUT2D eigenvalue weighted by Crippen LogP contribution is 2.28. The van der Waals surface area contributed by atoms with E-state index < -0.39 is 9.84 Å². The molecule has 2 aliphatic rings. The first-order valence-electron chi connectivity index (χ1n) is 9.55. The molecule has 25 heavy (non-hydrogen) atoms. The third-order valence-electron chi connectivity index (χ3n) is 5.35. The van der Waals surface area contributed by atoms with Gasteiger partial charge in [-0.25, -0.2) is 8.42 Å². The van der Waals surface area contributed by atoms with Gasteiger partial charge in [-0.2, -0.15) is 0 Å². The number of aliphatic imine (C=N–C) groups is 1. The fourth-order valence-electron chi connectivity index (χ4n) is 3.96. The van der Waals surface area contributed by atoms with Gasteiger partial charge in [-0.05, 0) is 56.8 Å². The van der Waals surface area contributed by atoms with Crippen molar-refractivity contribution >= 4 is 39.8 Å². The lowest BCUT2D eigenvalue weighted by Gasteiger charge is -2.33. The third kappa shape index (κ3) is 8.01. The fraction of sp³-hybridized carbons (Fsp3) is 0.944. The lowest BCUT2D eigenvalue weighted by molar-refractivity contribution is 0.254. The first-order chi connectivity index (χ1) is 11.3. The molecule has 2 N–H and O–H groups in total. The molecule has 5 nitrogen and oxygen atoms in total. The SMILES string of the molecule is CCC(C)NC(=NCC1CCS(=O)(=O)C1)NC1CC(C)CC(C)C1.I. The summed E-state index contributed by atoms with van der Waals surface area (Å²) in [5, 5.41) is 7.09. The zero-order valence-corrected chi connectivity index (χ0v) is 19.3. The quantitative estimate of drug-likeness (QED) is 0.357. The van der Waals surface area contributed by atoms with E-state index in [4.69, 9.17) is 4.99 Å². The molecule has 148 valence electrons. The van der Waals surface area contributed by atoms with Gasteiger partial charge in [0.15, 0.2) is 15.8 Å². The Morgan fingerprint density at radius 3 is 2.36 bits per heavy atom. The average Bonchev–Trinajstić information content (AvgIpc) is 2.83. The topological polar surface area (TPSA) is 70.6 Å². The highest BCUT2D eigenvalue weighted by molar-refractivity contribution is 14.0. The van der Waals surface area contributed by atoms with Gasteiger partial charge in [0, 0.05) is 18.6 Å². The van der Waals surface area contributed by atoms with E-state index in [1.807, 2.05) is 0 Å². The van der Waals surface area contributed by atoms with Crippen LogP contribution in [0, 0.1) is 17.8 Å². The van der Waals surface area contributed by atoms with Gasteiger partial charge >= 0.3 is 0 Å². The van der Waals surface area contributed by atoms with E-state index in [1.54, 1.807) is 0 Å². The lowest BCUT2D eigenvalue weighted by atomic mass is 9.80. The largest absolute Gasteiger partial charge is 0.354 e. The number of hydrogen-bond acceptors (Lipinski definition) is 3. The Bertz CT molecular complexity index is 528. The van der Waals surface area contributed by atoms with Gasteiger partial charge in [0.2, 0.25) is 0 Å². The summed E-state index contributed by atoms with van der Waals surface area (Å²) in [4.78, 5) is 4.73. The molecule has 0 amide bonds. The smallest absolute Gasteiger partial charge is 0.191 e. The number of halogens is 1. The fourth-order valence-corrected chi connectivity index (χ4v) is 5.81. The second-order valence-electron chi connectivity index (χ2n) is 8.17. The van der Waals surface area contributed by atoms with Gasteiger partial charge in [-0.15, -0.1) is 24.0 Å². The van der Waals surface area contributed by atoms with Crippen molar-refractivity contribution in [3.63, 3.8) is 0 Å². The van der Waals surface area contributed by atoms with Crippen LogP contribution in [0.15, 0.2) is 4.99 Å². The molecule has 0 bridgehead atoms. The van der Waals surface area contributed by atoms with Crippen LogP contribution in [-0.2, 0) is 9.84 Å². The predicted octanol–water partition coefficient (Wildman–Crippen LogP) is 3.20. The second kappa shape index (κ2) is 10.3. The average molecular weight is 485 g/mol. The molecular formula is C18H36IN3O2S. The van der Waals surface area contributed by atoms with Crippen LogP contribution in [0.3, 0.4) is 0 Å². The Kier molecular flexibility index (Phi) is 9.50. The molecule has 1 heterocycles. The van der Waals surface area contributed by atoms with E-state index in [1.165, 1.54) is 19.3 Å². The number of nitrogens with zero attached hydrogens (tertiary/aromatic N) is 1. The number of rotatable bonds is 5. The van der Waals surface area contributed by atoms with E-state index in [-0.39, 0.29) is 29.9 Å². The van der Waals surface area contributed by atoms with Crippen LogP contribution >= 0.6 is 24.0 Å². The summed E-state index contributed by atoms with van der Waals surface area (Å²) < 4.78 is 23.2. The second-order valence-corrected chi connectivity index (χ2v) is 10.4. The molecule has 0 aromatic heterocycles. The molecule has 1 saturated heterocycles. The molecule has 0 aromatic carbocycles. The van der Waals surface area contributed by atoms with Crippen molar-refractivity contribution in [3.05, 3.63) is 0 Å². The molecule has 2 rings (SSSR count). The Labute approximate surface area is 171 Å². The molecule has 4 unspecified atom stereocenters. The zero-order valence-electron chi connectivity index (χ0n) is 16.1. The predicted molar refractivity (Wildman–Crippen MR) is 116 cm³/mol. The van der Waals surface area contributed by atoms with E-state index >= 15 is 0 Å². The molecule has 0 aromatic rings. The molecular weight excluding hydrogens is 449 g/mol. The Hall–Kier alpha value is -0.0500. The van der Waals surface area contributed by atoms with Crippen molar-refractivity contribution in [1.29, 1.82) is 0 Å². The molecule has 0 spiro atoms. The van der Waals surface area contributed by atoms with Gasteiger partial charge in [-0.1, -0.05) is 20.8 Å². The van der Waals surface area contributed by atoms with Crippen LogP contribution in [0.25, 0.3) is 0 Å². The maximum Gasteiger partial charge on any atom is 0.191 e. The molecule has 4 atom stereocenters. The highest BCUT2D eigenvalue weighted by Gasteiger charge is 2.28. The molecule has 1 saturated carbocycles.